The second-order valence-corrected chi connectivity index (χ2v) is 9.21. The molecule has 1 saturated heterocycles. The number of rotatable bonds is 9. The van der Waals surface area contributed by atoms with Gasteiger partial charge in [-0.25, -0.2) is 8.42 Å². The van der Waals surface area contributed by atoms with E-state index >= 15 is 0 Å². The zero-order valence-electron chi connectivity index (χ0n) is 18.8. The number of sulfonamides is 1. The molecular formula is C21H26N4O7S. The molecular weight excluding hydrogens is 452 g/mol. The summed E-state index contributed by atoms with van der Waals surface area (Å²) in [6, 6.07) is 7.13. The van der Waals surface area contributed by atoms with Crippen molar-refractivity contribution in [3.05, 3.63) is 46.0 Å². The first-order valence-corrected chi connectivity index (χ1v) is 11.6. The van der Waals surface area contributed by atoms with Crippen LogP contribution in [0.1, 0.15) is 25.3 Å². The van der Waals surface area contributed by atoms with E-state index in [-0.39, 0.29) is 10.6 Å². The first-order chi connectivity index (χ1) is 15.7. The molecule has 0 saturated carbocycles. The van der Waals surface area contributed by atoms with Crippen LogP contribution < -0.4 is 19.6 Å². The zero-order chi connectivity index (χ0) is 24.2. The number of nitro benzene ring substituents is 1. The molecule has 1 fully saturated rings. The summed E-state index contributed by atoms with van der Waals surface area (Å²) in [5, 5.41) is 15.9. The Labute approximate surface area is 192 Å². The van der Waals surface area contributed by atoms with Crippen LogP contribution in [0.4, 0.5) is 11.4 Å². The summed E-state index contributed by atoms with van der Waals surface area (Å²) in [6.07, 6.45) is 1.55. The second kappa shape index (κ2) is 10.0. The lowest BCUT2D eigenvalue weighted by Crippen LogP contribution is -2.27. The monoisotopic (exact) mass is 478 g/mol. The van der Waals surface area contributed by atoms with Crippen molar-refractivity contribution >= 4 is 27.1 Å². The van der Waals surface area contributed by atoms with E-state index < -0.39 is 20.6 Å². The number of nitrogens with one attached hydrogen (secondary N) is 1. The molecule has 3 rings (SSSR count). The van der Waals surface area contributed by atoms with Gasteiger partial charge in [0.25, 0.3) is 5.69 Å². The van der Waals surface area contributed by atoms with Gasteiger partial charge in [-0.15, -0.1) is 0 Å². The van der Waals surface area contributed by atoms with Crippen LogP contribution >= 0.6 is 0 Å². The third-order valence-corrected chi connectivity index (χ3v) is 7.19. The molecule has 1 aliphatic rings. The lowest BCUT2D eigenvalue weighted by Gasteiger charge is -2.16. The number of methoxy groups -OCH3 is 3. The van der Waals surface area contributed by atoms with E-state index in [0.717, 1.165) is 18.9 Å². The van der Waals surface area contributed by atoms with Gasteiger partial charge in [0.2, 0.25) is 15.8 Å². The standard InChI is InChI=1S/C21H26N4O7S/c1-14(15-11-19(30-2)21(32-4)20(12-15)31-3)22-23-17-8-7-16(13-18(17)25(26)27)33(28,29)24-9-5-6-10-24/h7-8,11-13,23H,5-6,9-10H2,1-4H3/b22-14+. The van der Waals surface area contributed by atoms with Crippen LogP contribution in [0.3, 0.4) is 0 Å². The highest BCUT2D eigenvalue weighted by Crippen LogP contribution is 2.38. The van der Waals surface area contributed by atoms with E-state index in [1.165, 1.54) is 37.8 Å². The maximum atomic E-state index is 12.8. The molecule has 33 heavy (non-hydrogen) atoms. The van der Waals surface area contributed by atoms with Crippen molar-refractivity contribution in [2.45, 2.75) is 24.7 Å². The summed E-state index contributed by atoms with van der Waals surface area (Å²) in [5.41, 5.74) is 3.46. The van der Waals surface area contributed by atoms with Gasteiger partial charge in [-0.3, -0.25) is 15.5 Å². The number of ether oxygens (including phenoxy) is 3. The van der Waals surface area contributed by atoms with Gasteiger partial charge in [-0.05, 0) is 44.0 Å². The van der Waals surface area contributed by atoms with Gasteiger partial charge < -0.3 is 14.2 Å². The maximum absolute atomic E-state index is 12.8. The molecule has 11 nitrogen and oxygen atoms in total. The third-order valence-electron chi connectivity index (χ3n) is 5.30. The van der Waals surface area contributed by atoms with Crippen LogP contribution in [0.2, 0.25) is 0 Å². The molecule has 1 heterocycles. The Morgan fingerprint density at radius 1 is 1.06 bits per heavy atom. The Hall–Kier alpha value is -3.38. The van der Waals surface area contributed by atoms with Gasteiger partial charge in [0.15, 0.2) is 11.5 Å². The summed E-state index contributed by atoms with van der Waals surface area (Å²) < 4.78 is 42.9. The van der Waals surface area contributed by atoms with Crippen LogP contribution in [-0.4, -0.2) is 57.8 Å². The summed E-state index contributed by atoms with van der Waals surface area (Å²) in [4.78, 5) is 10.9. The number of benzene rings is 2. The van der Waals surface area contributed by atoms with Crippen molar-refractivity contribution < 1.29 is 27.6 Å². The first-order valence-electron chi connectivity index (χ1n) is 10.1. The van der Waals surface area contributed by atoms with Crippen molar-refractivity contribution in [2.24, 2.45) is 5.10 Å². The highest BCUT2D eigenvalue weighted by Gasteiger charge is 2.29. The highest BCUT2D eigenvalue weighted by atomic mass is 32.2. The molecule has 0 bridgehead atoms. The molecule has 0 atom stereocenters. The van der Waals surface area contributed by atoms with E-state index in [9.17, 15) is 18.5 Å². The van der Waals surface area contributed by atoms with Gasteiger partial charge >= 0.3 is 0 Å². The largest absolute Gasteiger partial charge is 0.493 e. The third kappa shape index (κ3) is 5.01. The van der Waals surface area contributed by atoms with E-state index in [4.69, 9.17) is 14.2 Å². The Morgan fingerprint density at radius 3 is 2.18 bits per heavy atom. The lowest BCUT2D eigenvalue weighted by molar-refractivity contribution is -0.384. The molecule has 12 heteroatoms. The Bertz CT molecular complexity index is 1150. The number of hydrogen-bond acceptors (Lipinski definition) is 9. The molecule has 2 aromatic rings. The van der Waals surface area contributed by atoms with Crippen molar-refractivity contribution in [3.63, 3.8) is 0 Å². The molecule has 0 aliphatic carbocycles. The number of anilines is 1. The predicted octanol–water partition coefficient (Wildman–Crippen LogP) is 3.24. The molecule has 178 valence electrons. The Kier molecular flexibility index (Phi) is 7.39. The van der Waals surface area contributed by atoms with Crippen LogP contribution in [0.5, 0.6) is 17.2 Å². The predicted molar refractivity (Wildman–Crippen MR) is 123 cm³/mol. The molecule has 2 aromatic carbocycles. The van der Waals surface area contributed by atoms with Crippen LogP contribution in [-0.2, 0) is 10.0 Å². The second-order valence-electron chi connectivity index (χ2n) is 7.27. The smallest absolute Gasteiger partial charge is 0.295 e. The van der Waals surface area contributed by atoms with Crippen molar-refractivity contribution in [1.29, 1.82) is 0 Å². The quantitative estimate of drug-likeness (QED) is 0.330. The summed E-state index contributed by atoms with van der Waals surface area (Å²) >= 11 is 0. The molecule has 0 amide bonds. The highest BCUT2D eigenvalue weighted by molar-refractivity contribution is 7.89. The number of nitrogens with zero attached hydrogens (tertiary/aromatic N) is 3. The summed E-state index contributed by atoms with van der Waals surface area (Å²) in [6.45, 7) is 2.52. The summed E-state index contributed by atoms with van der Waals surface area (Å²) in [5.74, 6) is 1.29. The molecule has 1 N–H and O–H groups in total. The minimum absolute atomic E-state index is 0.0622. The average molecular weight is 479 g/mol. The molecule has 0 spiro atoms. The van der Waals surface area contributed by atoms with E-state index in [1.807, 2.05) is 0 Å². The number of nitro groups is 1. The molecule has 0 unspecified atom stereocenters. The van der Waals surface area contributed by atoms with Gasteiger partial charge in [-0.2, -0.15) is 9.41 Å². The Morgan fingerprint density at radius 2 is 1.67 bits per heavy atom. The Balaban J connectivity index is 1.92. The van der Waals surface area contributed by atoms with Gasteiger partial charge in [-0.1, -0.05) is 0 Å². The maximum Gasteiger partial charge on any atom is 0.295 e. The lowest BCUT2D eigenvalue weighted by atomic mass is 10.1. The average Bonchev–Trinajstić information content (AvgIpc) is 3.37. The van der Waals surface area contributed by atoms with Crippen LogP contribution in [0, 0.1) is 10.1 Å². The minimum Gasteiger partial charge on any atom is -0.493 e. The van der Waals surface area contributed by atoms with E-state index in [0.29, 0.717) is 41.6 Å². The zero-order valence-corrected chi connectivity index (χ0v) is 19.6. The fourth-order valence-corrected chi connectivity index (χ4v) is 5.03. The number of hydrogen-bond donors (Lipinski definition) is 1. The van der Waals surface area contributed by atoms with Crippen molar-refractivity contribution in [3.8, 4) is 17.2 Å². The van der Waals surface area contributed by atoms with E-state index in [2.05, 4.69) is 10.5 Å². The normalized spacial score (nSPS) is 14.7. The molecule has 0 aromatic heterocycles. The minimum atomic E-state index is -3.78. The summed E-state index contributed by atoms with van der Waals surface area (Å²) in [7, 11) is 0.699. The van der Waals surface area contributed by atoms with Crippen LogP contribution in [0.15, 0.2) is 40.3 Å². The number of hydrazone groups is 1. The van der Waals surface area contributed by atoms with Gasteiger partial charge in [0, 0.05) is 24.7 Å². The topological polar surface area (TPSA) is 133 Å². The van der Waals surface area contributed by atoms with Crippen molar-refractivity contribution in [2.75, 3.05) is 39.8 Å². The van der Waals surface area contributed by atoms with Crippen LogP contribution in [0.25, 0.3) is 0 Å². The fraction of sp³-hybridized carbons (Fsp3) is 0.381. The SMILES string of the molecule is COc1cc(/C(C)=N/Nc2ccc(S(=O)(=O)N3CCCC3)cc2[N+](=O)[O-])cc(OC)c1OC. The van der Waals surface area contributed by atoms with Gasteiger partial charge in [0.1, 0.15) is 5.69 Å². The van der Waals surface area contributed by atoms with E-state index in [1.54, 1.807) is 19.1 Å². The first kappa shape index (κ1) is 24.3. The fourth-order valence-electron chi connectivity index (χ4n) is 3.49. The molecule has 0 radical (unpaired) electrons. The molecule has 1 aliphatic heterocycles. The van der Waals surface area contributed by atoms with Crippen molar-refractivity contribution in [1.82, 2.24) is 4.31 Å². The van der Waals surface area contributed by atoms with Gasteiger partial charge in [0.05, 0.1) is 36.9 Å².